The van der Waals surface area contributed by atoms with Crippen LogP contribution in [0, 0.1) is 5.82 Å². The van der Waals surface area contributed by atoms with Crippen molar-refractivity contribution < 1.29 is 9.18 Å². The molecule has 0 atom stereocenters. The number of amides is 2. The van der Waals surface area contributed by atoms with Gasteiger partial charge in [-0.05, 0) is 42.4 Å². The van der Waals surface area contributed by atoms with E-state index in [1.807, 2.05) is 31.2 Å². The fraction of sp³-hybridized carbons (Fsp3) is 0.188. The van der Waals surface area contributed by atoms with Gasteiger partial charge in [0.15, 0.2) is 0 Å². The minimum Gasteiger partial charge on any atom is -0.313 e. The Morgan fingerprint density at radius 1 is 1.05 bits per heavy atom. The smallest absolute Gasteiger partial charge is 0.313 e. The number of carbonyl (C=O) groups excluding carboxylic acids is 1. The van der Waals surface area contributed by atoms with E-state index < -0.39 is 0 Å². The fourth-order valence-corrected chi connectivity index (χ4v) is 1.87. The van der Waals surface area contributed by atoms with Crippen LogP contribution in [0.3, 0.4) is 0 Å². The average Bonchev–Trinajstić information content (AvgIpc) is 2.49. The van der Waals surface area contributed by atoms with Gasteiger partial charge in [-0.3, -0.25) is 0 Å². The van der Waals surface area contributed by atoms with Crippen molar-refractivity contribution in [2.24, 2.45) is 0 Å². The van der Waals surface area contributed by atoms with Gasteiger partial charge in [0.25, 0.3) is 0 Å². The van der Waals surface area contributed by atoms with Gasteiger partial charge in [0.2, 0.25) is 0 Å². The molecule has 2 aromatic carbocycles. The molecule has 0 fully saturated rings. The second-order valence-electron chi connectivity index (χ2n) is 4.52. The number of benzene rings is 2. The molecule has 0 saturated carbocycles. The Labute approximate surface area is 123 Å². The van der Waals surface area contributed by atoms with Gasteiger partial charge >= 0.3 is 6.03 Å². The lowest BCUT2D eigenvalue weighted by atomic mass is 10.2. The van der Waals surface area contributed by atoms with Crippen LogP contribution in [-0.2, 0) is 6.54 Å². The second-order valence-corrected chi connectivity index (χ2v) is 4.52. The molecule has 0 unspecified atom stereocenters. The zero-order chi connectivity index (χ0) is 15.1. The normalized spacial score (nSPS) is 10.2. The molecule has 0 aromatic heterocycles. The van der Waals surface area contributed by atoms with Gasteiger partial charge in [0.1, 0.15) is 5.82 Å². The van der Waals surface area contributed by atoms with Crippen LogP contribution in [0.5, 0.6) is 0 Å². The van der Waals surface area contributed by atoms with Crippen molar-refractivity contribution in [2.75, 3.05) is 17.2 Å². The van der Waals surface area contributed by atoms with Crippen LogP contribution in [0.15, 0.2) is 48.5 Å². The topological polar surface area (TPSA) is 53.2 Å². The summed E-state index contributed by atoms with van der Waals surface area (Å²) in [7, 11) is 0. The zero-order valence-corrected chi connectivity index (χ0v) is 11.8. The van der Waals surface area contributed by atoms with Crippen LogP contribution < -0.4 is 16.0 Å². The van der Waals surface area contributed by atoms with Gasteiger partial charge in [-0.1, -0.05) is 25.1 Å². The van der Waals surface area contributed by atoms with E-state index in [1.165, 1.54) is 24.3 Å². The molecule has 0 heterocycles. The molecule has 2 rings (SSSR count). The van der Waals surface area contributed by atoms with Crippen molar-refractivity contribution in [1.82, 2.24) is 5.32 Å². The Morgan fingerprint density at radius 2 is 1.76 bits per heavy atom. The molecule has 0 radical (unpaired) electrons. The minimum atomic E-state index is -0.356. The lowest BCUT2D eigenvalue weighted by Crippen LogP contribution is -2.21. The summed E-state index contributed by atoms with van der Waals surface area (Å²) in [4.78, 5) is 12.0. The molecule has 0 aliphatic heterocycles. The lowest BCUT2D eigenvalue weighted by Gasteiger charge is -2.12. The molecule has 0 aliphatic rings. The highest BCUT2D eigenvalue weighted by Gasteiger charge is 2.06. The molecule has 4 nitrogen and oxygen atoms in total. The summed E-state index contributed by atoms with van der Waals surface area (Å²) in [6, 6.07) is 12.9. The molecule has 0 bridgehead atoms. The number of carbonyl (C=O) groups is 1. The summed E-state index contributed by atoms with van der Waals surface area (Å²) in [5.74, 6) is -0.336. The van der Waals surface area contributed by atoms with Gasteiger partial charge in [-0.25, -0.2) is 9.18 Å². The zero-order valence-electron chi connectivity index (χ0n) is 11.8. The van der Waals surface area contributed by atoms with Gasteiger partial charge < -0.3 is 16.0 Å². The number of anilines is 2. The second kappa shape index (κ2) is 7.40. The third-order valence-corrected chi connectivity index (χ3v) is 2.93. The highest BCUT2D eigenvalue weighted by atomic mass is 19.1. The number of halogens is 1. The predicted octanol–water partition coefficient (Wildman–Crippen LogP) is 3.58. The van der Waals surface area contributed by atoms with E-state index >= 15 is 0 Å². The standard InChI is InChI=1S/C16H18FN3O/c1-2-18-11-12-5-3-4-6-15(12)20-16(21)19-14-9-7-13(17)8-10-14/h3-10,18H,2,11H2,1H3,(H2,19,20,21). The molecule has 2 amide bonds. The Hall–Kier alpha value is -2.40. The maximum absolute atomic E-state index is 12.8. The molecular formula is C16H18FN3O. The van der Waals surface area contributed by atoms with Crippen molar-refractivity contribution in [3.05, 3.63) is 59.9 Å². The molecule has 0 saturated heterocycles. The van der Waals surface area contributed by atoms with Crippen LogP contribution in [0.2, 0.25) is 0 Å². The van der Waals surface area contributed by atoms with E-state index in [0.717, 1.165) is 17.8 Å². The van der Waals surface area contributed by atoms with Crippen molar-refractivity contribution in [2.45, 2.75) is 13.5 Å². The summed E-state index contributed by atoms with van der Waals surface area (Å²) in [6.07, 6.45) is 0. The Bertz CT molecular complexity index is 599. The van der Waals surface area contributed by atoms with Gasteiger partial charge in [-0.15, -0.1) is 0 Å². The Kier molecular flexibility index (Phi) is 5.29. The first-order valence-electron chi connectivity index (χ1n) is 6.81. The molecule has 0 aliphatic carbocycles. The van der Waals surface area contributed by atoms with Gasteiger partial charge in [0.05, 0.1) is 0 Å². The SMILES string of the molecule is CCNCc1ccccc1NC(=O)Nc1ccc(F)cc1. The third kappa shape index (κ3) is 4.57. The summed E-state index contributed by atoms with van der Waals surface area (Å²) >= 11 is 0. The summed E-state index contributed by atoms with van der Waals surface area (Å²) in [6.45, 7) is 3.57. The number of hydrogen-bond acceptors (Lipinski definition) is 2. The van der Waals surface area contributed by atoms with Crippen molar-refractivity contribution in [3.63, 3.8) is 0 Å². The quantitative estimate of drug-likeness (QED) is 0.787. The van der Waals surface area contributed by atoms with Crippen molar-refractivity contribution in [3.8, 4) is 0 Å². The van der Waals surface area contributed by atoms with Crippen molar-refractivity contribution in [1.29, 1.82) is 0 Å². The molecule has 3 N–H and O–H groups in total. The van der Waals surface area contributed by atoms with E-state index in [0.29, 0.717) is 12.2 Å². The van der Waals surface area contributed by atoms with E-state index in [2.05, 4.69) is 16.0 Å². The Balaban J connectivity index is 2.00. The third-order valence-electron chi connectivity index (χ3n) is 2.93. The minimum absolute atomic E-state index is 0.336. The summed E-state index contributed by atoms with van der Waals surface area (Å²) < 4.78 is 12.8. The monoisotopic (exact) mass is 287 g/mol. The molecular weight excluding hydrogens is 269 g/mol. The van der Waals surface area contributed by atoms with Crippen LogP contribution in [0.4, 0.5) is 20.6 Å². The number of para-hydroxylation sites is 1. The van der Waals surface area contributed by atoms with E-state index in [9.17, 15) is 9.18 Å². The van der Waals surface area contributed by atoms with Crippen LogP contribution in [-0.4, -0.2) is 12.6 Å². The van der Waals surface area contributed by atoms with Crippen LogP contribution >= 0.6 is 0 Å². The number of nitrogens with one attached hydrogen (secondary N) is 3. The summed E-state index contributed by atoms with van der Waals surface area (Å²) in [5.41, 5.74) is 2.30. The van der Waals surface area contributed by atoms with Gasteiger partial charge in [-0.2, -0.15) is 0 Å². The molecule has 2 aromatic rings. The van der Waals surface area contributed by atoms with Crippen LogP contribution in [0.25, 0.3) is 0 Å². The van der Waals surface area contributed by atoms with E-state index in [1.54, 1.807) is 0 Å². The molecule has 0 spiro atoms. The average molecular weight is 287 g/mol. The van der Waals surface area contributed by atoms with E-state index in [-0.39, 0.29) is 11.8 Å². The largest absolute Gasteiger partial charge is 0.323 e. The number of hydrogen-bond donors (Lipinski definition) is 3. The van der Waals surface area contributed by atoms with Crippen LogP contribution in [0.1, 0.15) is 12.5 Å². The highest BCUT2D eigenvalue weighted by Crippen LogP contribution is 2.15. The molecule has 21 heavy (non-hydrogen) atoms. The first kappa shape index (κ1) is 15.0. The highest BCUT2D eigenvalue weighted by molar-refractivity contribution is 6.00. The molecule has 5 heteroatoms. The maximum atomic E-state index is 12.8. The molecule has 110 valence electrons. The Morgan fingerprint density at radius 3 is 2.48 bits per heavy atom. The first-order valence-corrected chi connectivity index (χ1v) is 6.81. The number of urea groups is 1. The summed E-state index contributed by atoms with van der Waals surface area (Å²) in [5, 5.41) is 8.68. The fourth-order valence-electron chi connectivity index (χ4n) is 1.87. The van der Waals surface area contributed by atoms with Crippen molar-refractivity contribution >= 4 is 17.4 Å². The maximum Gasteiger partial charge on any atom is 0.323 e. The van der Waals surface area contributed by atoms with E-state index in [4.69, 9.17) is 0 Å². The number of rotatable bonds is 5. The lowest BCUT2D eigenvalue weighted by molar-refractivity contribution is 0.262. The first-order chi connectivity index (χ1) is 10.2. The predicted molar refractivity (Wildman–Crippen MR) is 82.9 cm³/mol. The van der Waals surface area contributed by atoms with Gasteiger partial charge in [0, 0.05) is 17.9 Å².